The monoisotopic (exact) mass is 274 g/mol. The number of nitrogens with zero attached hydrogens (tertiary/aromatic N) is 1. The fourth-order valence-corrected chi connectivity index (χ4v) is 1.95. The van der Waals surface area contributed by atoms with E-state index >= 15 is 0 Å². The lowest BCUT2D eigenvalue weighted by molar-refractivity contribution is 0.144. The van der Waals surface area contributed by atoms with E-state index in [1.54, 1.807) is 7.11 Å². The molecule has 0 radical (unpaired) electrons. The van der Waals surface area contributed by atoms with E-state index in [1.165, 1.54) is 0 Å². The summed E-state index contributed by atoms with van der Waals surface area (Å²) in [5.74, 6) is 0.681. The average Bonchev–Trinajstić information content (AvgIpc) is 2.45. The summed E-state index contributed by atoms with van der Waals surface area (Å²) in [5.41, 5.74) is 0.991. The molecular weight excluding hydrogens is 252 g/mol. The van der Waals surface area contributed by atoms with E-state index in [2.05, 4.69) is 36.3 Å². The van der Waals surface area contributed by atoms with Crippen molar-refractivity contribution in [2.75, 3.05) is 20.3 Å². The third-order valence-corrected chi connectivity index (χ3v) is 2.98. The van der Waals surface area contributed by atoms with E-state index in [0.29, 0.717) is 25.1 Å². The minimum atomic E-state index is 0.432. The van der Waals surface area contributed by atoms with Crippen LogP contribution in [0.25, 0.3) is 10.8 Å². The minimum absolute atomic E-state index is 0.432. The summed E-state index contributed by atoms with van der Waals surface area (Å²) in [6.45, 7) is 6.05. The van der Waals surface area contributed by atoms with Crippen molar-refractivity contribution in [2.24, 2.45) is 0 Å². The van der Waals surface area contributed by atoms with Crippen LogP contribution in [0.1, 0.15) is 19.5 Å². The Hall–Kier alpha value is -1.65. The first-order valence-corrected chi connectivity index (χ1v) is 6.94. The van der Waals surface area contributed by atoms with Gasteiger partial charge in [-0.1, -0.05) is 32.0 Å². The molecule has 1 aromatic heterocycles. The zero-order chi connectivity index (χ0) is 14.4. The fourth-order valence-electron chi connectivity index (χ4n) is 1.95. The average molecular weight is 274 g/mol. The van der Waals surface area contributed by atoms with Crippen molar-refractivity contribution in [1.29, 1.82) is 0 Å². The summed E-state index contributed by atoms with van der Waals surface area (Å²) in [5, 5.41) is 5.57. The SMILES string of the molecule is COCCOc1nc(CNC(C)C)cc2ccccc12. The molecule has 108 valence electrons. The lowest BCUT2D eigenvalue weighted by Gasteiger charge is -2.12. The van der Waals surface area contributed by atoms with Gasteiger partial charge >= 0.3 is 0 Å². The van der Waals surface area contributed by atoms with Gasteiger partial charge in [-0.25, -0.2) is 4.98 Å². The molecule has 0 amide bonds. The van der Waals surface area contributed by atoms with Crippen molar-refractivity contribution in [1.82, 2.24) is 10.3 Å². The van der Waals surface area contributed by atoms with Crippen LogP contribution < -0.4 is 10.1 Å². The lowest BCUT2D eigenvalue weighted by atomic mass is 10.1. The molecule has 20 heavy (non-hydrogen) atoms. The standard InChI is InChI=1S/C16H22N2O2/c1-12(2)17-11-14-10-13-6-4-5-7-15(13)16(18-14)20-9-8-19-3/h4-7,10,12,17H,8-9,11H2,1-3H3. The Morgan fingerprint density at radius 1 is 1.20 bits per heavy atom. The molecule has 0 spiro atoms. The maximum atomic E-state index is 5.74. The quantitative estimate of drug-likeness (QED) is 0.788. The van der Waals surface area contributed by atoms with E-state index in [4.69, 9.17) is 9.47 Å². The molecule has 0 saturated carbocycles. The number of pyridine rings is 1. The Bertz CT molecular complexity index is 555. The molecule has 0 bridgehead atoms. The molecule has 1 N–H and O–H groups in total. The number of hydrogen-bond donors (Lipinski definition) is 1. The van der Waals surface area contributed by atoms with Crippen molar-refractivity contribution < 1.29 is 9.47 Å². The molecular formula is C16H22N2O2. The normalized spacial score (nSPS) is 11.2. The van der Waals surface area contributed by atoms with Crippen molar-refractivity contribution in [3.63, 3.8) is 0 Å². The minimum Gasteiger partial charge on any atom is -0.475 e. The molecule has 0 saturated heterocycles. The Kier molecular flexibility index (Phi) is 5.32. The second-order valence-corrected chi connectivity index (χ2v) is 5.02. The van der Waals surface area contributed by atoms with Crippen molar-refractivity contribution in [3.8, 4) is 5.88 Å². The number of methoxy groups -OCH3 is 1. The molecule has 4 heteroatoms. The topological polar surface area (TPSA) is 43.4 Å². The van der Waals surface area contributed by atoms with Gasteiger partial charge in [0, 0.05) is 25.1 Å². The first kappa shape index (κ1) is 14.8. The third kappa shape index (κ3) is 3.92. The molecule has 1 heterocycles. The smallest absolute Gasteiger partial charge is 0.221 e. The number of hydrogen-bond acceptors (Lipinski definition) is 4. The molecule has 0 aliphatic rings. The van der Waals surface area contributed by atoms with Crippen molar-refractivity contribution in [2.45, 2.75) is 26.4 Å². The zero-order valence-corrected chi connectivity index (χ0v) is 12.3. The van der Waals surface area contributed by atoms with Crippen LogP contribution in [0.5, 0.6) is 5.88 Å². The Morgan fingerprint density at radius 3 is 2.75 bits per heavy atom. The molecule has 2 aromatic rings. The van der Waals surface area contributed by atoms with Gasteiger partial charge in [0.1, 0.15) is 6.61 Å². The first-order chi connectivity index (χ1) is 9.70. The molecule has 0 unspecified atom stereocenters. The van der Waals surface area contributed by atoms with Gasteiger partial charge < -0.3 is 14.8 Å². The Morgan fingerprint density at radius 2 is 2.00 bits per heavy atom. The first-order valence-electron chi connectivity index (χ1n) is 6.94. The van der Waals surface area contributed by atoms with Crippen LogP contribution in [-0.2, 0) is 11.3 Å². The summed E-state index contributed by atoms with van der Waals surface area (Å²) in [7, 11) is 1.66. The summed E-state index contributed by atoms with van der Waals surface area (Å²) in [6.07, 6.45) is 0. The summed E-state index contributed by atoms with van der Waals surface area (Å²) < 4.78 is 10.8. The van der Waals surface area contributed by atoms with E-state index in [9.17, 15) is 0 Å². The van der Waals surface area contributed by atoms with Gasteiger partial charge in [-0.15, -0.1) is 0 Å². The second-order valence-electron chi connectivity index (χ2n) is 5.02. The highest BCUT2D eigenvalue weighted by atomic mass is 16.5. The number of benzene rings is 1. The summed E-state index contributed by atoms with van der Waals surface area (Å²) >= 11 is 0. The van der Waals surface area contributed by atoms with E-state index in [0.717, 1.165) is 23.0 Å². The Labute approximate surface area is 120 Å². The van der Waals surface area contributed by atoms with Crippen LogP contribution in [0.4, 0.5) is 0 Å². The maximum absolute atomic E-state index is 5.74. The molecule has 1 aromatic carbocycles. The number of rotatable bonds is 7. The summed E-state index contributed by atoms with van der Waals surface area (Å²) in [6, 6.07) is 10.7. The van der Waals surface area contributed by atoms with Crippen LogP contribution in [0, 0.1) is 0 Å². The highest BCUT2D eigenvalue weighted by Crippen LogP contribution is 2.24. The lowest BCUT2D eigenvalue weighted by Crippen LogP contribution is -2.22. The van der Waals surface area contributed by atoms with Crippen LogP contribution in [0.2, 0.25) is 0 Å². The van der Waals surface area contributed by atoms with E-state index < -0.39 is 0 Å². The predicted octanol–water partition coefficient (Wildman–Crippen LogP) is 2.76. The van der Waals surface area contributed by atoms with Gasteiger partial charge in [-0.2, -0.15) is 0 Å². The highest BCUT2D eigenvalue weighted by molar-refractivity contribution is 5.87. The maximum Gasteiger partial charge on any atom is 0.221 e. The van der Waals surface area contributed by atoms with Gasteiger partial charge in [0.15, 0.2) is 0 Å². The van der Waals surface area contributed by atoms with Crippen LogP contribution in [0.3, 0.4) is 0 Å². The molecule has 0 aliphatic carbocycles. The van der Waals surface area contributed by atoms with Gasteiger partial charge in [0.05, 0.1) is 12.3 Å². The van der Waals surface area contributed by atoms with Gasteiger partial charge in [0.2, 0.25) is 5.88 Å². The van der Waals surface area contributed by atoms with E-state index in [1.807, 2.05) is 18.2 Å². The molecule has 0 atom stereocenters. The van der Waals surface area contributed by atoms with Gasteiger partial charge in [0.25, 0.3) is 0 Å². The number of ether oxygens (including phenoxy) is 2. The van der Waals surface area contributed by atoms with Crippen LogP contribution in [0.15, 0.2) is 30.3 Å². The number of fused-ring (bicyclic) bond motifs is 1. The van der Waals surface area contributed by atoms with E-state index in [-0.39, 0.29) is 0 Å². The Balaban J connectivity index is 2.26. The number of nitrogens with one attached hydrogen (secondary N) is 1. The van der Waals surface area contributed by atoms with Crippen LogP contribution in [-0.4, -0.2) is 31.3 Å². The van der Waals surface area contributed by atoms with Crippen molar-refractivity contribution >= 4 is 10.8 Å². The van der Waals surface area contributed by atoms with Gasteiger partial charge in [-0.05, 0) is 17.5 Å². The second kappa shape index (κ2) is 7.22. The van der Waals surface area contributed by atoms with Crippen LogP contribution >= 0.6 is 0 Å². The van der Waals surface area contributed by atoms with Crippen molar-refractivity contribution in [3.05, 3.63) is 36.0 Å². The number of aromatic nitrogens is 1. The molecule has 2 rings (SSSR count). The van der Waals surface area contributed by atoms with Gasteiger partial charge in [-0.3, -0.25) is 0 Å². The molecule has 0 fully saturated rings. The zero-order valence-electron chi connectivity index (χ0n) is 12.3. The predicted molar refractivity (Wildman–Crippen MR) is 81.1 cm³/mol. The molecule has 4 nitrogen and oxygen atoms in total. The third-order valence-electron chi connectivity index (χ3n) is 2.98. The fraction of sp³-hybridized carbons (Fsp3) is 0.438. The highest BCUT2D eigenvalue weighted by Gasteiger charge is 2.07. The largest absolute Gasteiger partial charge is 0.475 e. The molecule has 0 aliphatic heterocycles. The summed E-state index contributed by atoms with van der Waals surface area (Å²) in [4.78, 5) is 4.60.